The lowest BCUT2D eigenvalue weighted by Gasteiger charge is -2.38. The van der Waals surface area contributed by atoms with Gasteiger partial charge in [-0.1, -0.05) is 0 Å². The van der Waals surface area contributed by atoms with Gasteiger partial charge in [-0.3, -0.25) is 14.4 Å². The van der Waals surface area contributed by atoms with E-state index in [1.54, 1.807) is 0 Å². The minimum Gasteiger partial charge on any atom is -0.456 e. The van der Waals surface area contributed by atoms with Gasteiger partial charge >= 0.3 is 17.9 Å². The van der Waals surface area contributed by atoms with Gasteiger partial charge in [0.25, 0.3) is 0 Å². The lowest BCUT2D eigenvalue weighted by molar-refractivity contribution is -0.267. The highest BCUT2D eigenvalue weighted by Gasteiger charge is 2.46. The third-order valence-electron chi connectivity index (χ3n) is 2.32. The van der Waals surface area contributed by atoms with Crippen LogP contribution in [0.1, 0.15) is 20.8 Å². The second-order valence-electron chi connectivity index (χ2n) is 4.02. The van der Waals surface area contributed by atoms with Gasteiger partial charge in [0.05, 0.1) is 6.61 Å². The zero-order valence-corrected chi connectivity index (χ0v) is 10.8. The molecule has 8 nitrogen and oxygen atoms in total. The zero-order chi connectivity index (χ0) is 14.6. The average molecular weight is 276 g/mol. The molecule has 0 aromatic heterocycles. The Morgan fingerprint density at radius 2 is 1.42 bits per heavy atom. The first-order valence-corrected chi connectivity index (χ1v) is 5.62. The third-order valence-corrected chi connectivity index (χ3v) is 2.32. The molecule has 0 aromatic carbocycles. The molecule has 19 heavy (non-hydrogen) atoms. The summed E-state index contributed by atoms with van der Waals surface area (Å²) in [6.07, 6.45) is -4.78. The van der Waals surface area contributed by atoms with E-state index in [-0.39, 0.29) is 6.61 Å². The Kier molecular flexibility index (Phi) is 5.25. The zero-order valence-electron chi connectivity index (χ0n) is 10.8. The maximum absolute atomic E-state index is 11.1. The molecule has 1 fully saturated rings. The first kappa shape index (κ1) is 15.4. The van der Waals surface area contributed by atoms with Crippen LogP contribution in [-0.4, -0.2) is 54.2 Å². The average Bonchev–Trinajstić information content (AvgIpc) is 2.25. The van der Waals surface area contributed by atoms with Crippen molar-refractivity contribution in [2.75, 3.05) is 6.61 Å². The van der Waals surface area contributed by atoms with Crippen LogP contribution < -0.4 is 0 Å². The molecule has 1 aliphatic rings. The number of aliphatic hydroxyl groups is 1. The lowest BCUT2D eigenvalue weighted by atomic mass is 10.0. The van der Waals surface area contributed by atoms with Crippen molar-refractivity contribution in [1.82, 2.24) is 0 Å². The summed E-state index contributed by atoms with van der Waals surface area (Å²) in [6, 6.07) is 0. The van der Waals surface area contributed by atoms with Gasteiger partial charge in [-0.05, 0) is 0 Å². The number of hydrogen-bond acceptors (Lipinski definition) is 8. The molecule has 0 spiro atoms. The number of esters is 3. The van der Waals surface area contributed by atoms with Gasteiger partial charge in [-0.25, -0.2) is 0 Å². The van der Waals surface area contributed by atoms with Crippen molar-refractivity contribution in [2.24, 2.45) is 0 Å². The Morgan fingerprint density at radius 3 is 1.89 bits per heavy atom. The summed E-state index contributed by atoms with van der Waals surface area (Å²) in [7, 11) is 0. The van der Waals surface area contributed by atoms with Crippen molar-refractivity contribution < 1.29 is 38.4 Å². The Balaban J connectivity index is 2.89. The first-order valence-electron chi connectivity index (χ1n) is 5.62. The van der Waals surface area contributed by atoms with Gasteiger partial charge < -0.3 is 24.1 Å². The van der Waals surface area contributed by atoms with E-state index in [1.165, 1.54) is 6.92 Å². The molecule has 0 aliphatic carbocycles. The topological polar surface area (TPSA) is 108 Å². The molecule has 0 radical (unpaired) electrons. The number of hydrogen-bond donors (Lipinski definition) is 1. The van der Waals surface area contributed by atoms with Crippen molar-refractivity contribution in [3.05, 3.63) is 0 Å². The van der Waals surface area contributed by atoms with Crippen LogP contribution in [0, 0.1) is 0 Å². The molecule has 1 saturated heterocycles. The van der Waals surface area contributed by atoms with Gasteiger partial charge in [0, 0.05) is 20.8 Å². The van der Waals surface area contributed by atoms with E-state index in [0.29, 0.717) is 0 Å². The maximum atomic E-state index is 11.1. The van der Waals surface area contributed by atoms with Crippen LogP contribution >= 0.6 is 0 Å². The second-order valence-corrected chi connectivity index (χ2v) is 4.02. The summed E-state index contributed by atoms with van der Waals surface area (Å²) in [5, 5.41) is 9.62. The van der Waals surface area contributed by atoms with E-state index in [1.807, 2.05) is 0 Å². The lowest BCUT2D eigenvalue weighted by Crippen LogP contribution is -2.57. The van der Waals surface area contributed by atoms with Gasteiger partial charge in [0.15, 0.2) is 24.6 Å². The maximum Gasteiger partial charge on any atom is 0.303 e. The van der Waals surface area contributed by atoms with Crippen LogP contribution in [0.25, 0.3) is 0 Å². The molecule has 1 aliphatic heterocycles. The van der Waals surface area contributed by atoms with Gasteiger partial charge in [0.2, 0.25) is 0 Å². The SMILES string of the molecule is CC(=O)O[C@@H]1[C@H](OC(C)=O)C(O)OC[C@H]1OC(C)=O. The van der Waals surface area contributed by atoms with Gasteiger partial charge in [0.1, 0.15) is 0 Å². The fourth-order valence-corrected chi connectivity index (χ4v) is 1.72. The highest BCUT2D eigenvalue weighted by Crippen LogP contribution is 2.23. The van der Waals surface area contributed by atoms with Crippen LogP contribution in [0.4, 0.5) is 0 Å². The third kappa shape index (κ3) is 4.49. The molecular formula is C11H16O8. The molecule has 1 heterocycles. The van der Waals surface area contributed by atoms with E-state index in [9.17, 15) is 19.5 Å². The minimum absolute atomic E-state index is 0.170. The van der Waals surface area contributed by atoms with Crippen molar-refractivity contribution in [2.45, 2.75) is 45.4 Å². The Hall–Kier alpha value is -1.67. The number of carbonyl (C=O) groups is 3. The molecule has 0 bridgehead atoms. The Bertz CT molecular complexity index is 366. The van der Waals surface area contributed by atoms with Crippen LogP contribution in [-0.2, 0) is 33.3 Å². The Labute approximate surface area is 109 Å². The van der Waals surface area contributed by atoms with E-state index >= 15 is 0 Å². The fourth-order valence-electron chi connectivity index (χ4n) is 1.72. The minimum atomic E-state index is -1.46. The molecule has 8 heteroatoms. The largest absolute Gasteiger partial charge is 0.456 e. The van der Waals surface area contributed by atoms with Crippen molar-refractivity contribution in [3.8, 4) is 0 Å². The summed E-state index contributed by atoms with van der Waals surface area (Å²) in [5.41, 5.74) is 0. The Morgan fingerprint density at radius 1 is 0.947 bits per heavy atom. The number of aliphatic hydroxyl groups excluding tert-OH is 1. The summed E-state index contributed by atoms with van der Waals surface area (Å²) >= 11 is 0. The monoisotopic (exact) mass is 276 g/mol. The summed E-state index contributed by atoms with van der Waals surface area (Å²) in [5.74, 6) is -1.95. The van der Waals surface area contributed by atoms with Crippen LogP contribution in [0.3, 0.4) is 0 Å². The number of rotatable bonds is 3. The molecule has 0 amide bonds. The van der Waals surface area contributed by atoms with Crippen molar-refractivity contribution in [1.29, 1.82) is 0 Å². The predicted molar refractivity (Wildman–Crippen MR) is 58.6 cm³/mol. The quantitative estimate of drug-likeness (QED) is 0.523. The standard InChI is InChI=1S/C11H16O8/c1-5(12)17-8-4-16-11(15)10(19-7(3)14)9(8)18-6(2)13/h8-11,15H,4H2,1-3H3/t8-,9+,10+,11?/m1/s1. The second kappa shape index (κ2) is 6.48. The van der Waals surface area contributed by atoms with Gasteiger partial charge in [-0.2, -0.15) is 0 Å². The van der Waals surface area contributed by atoms with Gasteiger partial charge in [-0.15, -0.1) is 0 Å². The molecule has 1 N–H and O–H groups in total. The van der Waals surface area contributed by atoms with Crippen LogP contribution in [0.2, 0.25) is 0 Å². The highest BCUT2D eigenvalue weighted by molar-refractivity contribution is 5.68. The van der Waals surface area contributed by atoms with Crippen LogP contribution in [0.15, 0.2) is 0 Å². The van der Waals surface area contributed by atoms with Crippen molar-refractivity contribution in [3.63, 3.8) is 0 Å². The molecule has 1 unspecified atom stereocenters. The van der Waals surface area contributed by atoms with E-state index in [4.69, 9.17) is 18.9 Å². The van der Waals surface area contributed by atoms with Crippen molar-refractivity contribution >= 4 is 17.9 Å². The highest BCUT2D eigenvalue weighted by atomic mass is 16.7. The van der Waals surface area contributed by atoms with E-state index in [2.05, 4.69) is 0 Å². The normalized spacial score (nSPS) is 30.3. The molecule has 0 aromatic rings. The summed E-state index contributed by atoms with van der Waals surface area (Å²) in [6.45, 7) is 3.29. The molecule has 0 saturated carbocycles. The fraction of sp³-hybridized carbons (Fsp3) is 0.727. The number of carbonyl (C=O) groups excluding carboxylic acids is 3. The molecule has 4 atom stereocenters. The smallest absolute Gasteiger partial charge is 0.303 e. The summed E-state index contributed by atoms with van der Waals surface area (Å²) in [4.78, 5) is 33.0. The predicted octanol–water partition coefficient (Wildman–Crippen LogP) is -0.870. The van der Waals surface area contributed by atoms with Crippen LogP contribution in [0.5, 0.6) is 0 Å². The van der Waals surface area contributed by atoms with E-state index in [0.717, 1.165) is 13.8 Å². The first-order chi connectivity index (χ1) is 8.81. The molecule has 108 valence electrons. The molecule has 1 rings (SSSR count). The van der Waals surface area contributed by atoms with E-state index < -0.39 is 42.5 Å². The molecular weight excluding hydrogens is 260 g/mol. The summed E-state index contributed by atoms with van der Waals surface area (Å²) < 4.78 is 19.6. The number of ether oxygens (including phenoxy) is 4.